The number of aromatic nitrogens is 2. The Balaban J connectivity index is 2.35. The lowest BCUT2D eigenvalue weighted by molar-refractivity contribution is 0.0759. The van der Waals surface area contributed by atoms with Crippen molar-refractivity contribution in [1.29, 1.82) is 0 Å². The van der Waals surface area contributed by atoms with E-state index in [1.165, 1.54) is 6.20 Å². The SMILES string of the molecule is NCCN(CCN)C(=O)c1nc(-c2ccccc2)ncc1Cl. The molecule has 0 aliphatic carbocycles. The van der Waals surface area contributed by atoms with Gasteiger partial charge in [-0.25, -0.2) is 9.97 Å². The molecular formula is C15H18ClN5O. The quantitative estimate of drug-likeness (QED) is 0.832. The van der Waals surface area contributed by atoms with Crippen LogP contribution in [0.3, 0.4) is 0 Å². The maximum atomic E-state index is 12.6. The number of hydrogen-bond acceptors (Lipinski definition) is 5. The molecule has 1 heterocycles. The van der Waals surface area contributed by atoms with Crippen molar-refractivity contribution in [2.75, 3.05) is 26.2 Å². The Labute approximate surface area is 134 Å². The Morgan fingerprint density at radius 3 is 2.36 bits per heavy atom. The predicted molar refractivity (Wildman–Crippen MR) is 86.5 cm³/mol. The first-order valence-corrected chi connectivity index (χ1v) is 7.32. The van der Waals surface area contributed by atoms with Crippen LogP contribution in [0.15, 0.2) is 36.5 Å². The lowest BCUT2D eigenvalue weighted by Crippen LogP contribution is -2.39. The molecule has 0 saturated carbocycles. The van der Waals surface area contributed by atoms with Crippen LogP contribution >= 0.6 is 11.6 Å². The van der Waals surface area contributed by atoms with E-state index in [0.717, 1.165) is 5.56 Å². The van der Waals surface area contributed by atoms with Crippen molar-refractivity contribution in [1.82, 2.24) is 14.9 Å². The normalized spacial score (nSPS) is 10.5. The maximum Gasteiger partial charge on any atom is 0.274 e. The van der Waals surface area contributed by atoms with Gasteiger partial charge in [-0.2, -0.15) is 0 Å². The molecule has 0 radical (unpaired) electrons. The van der Waals surface area contributed by atoms with Crippen LogP contribution < -0.4 is 11.5 Å². The Kier molecular flexibility index (Phi) is 5.83. The number of rotatable bonds is 6. The van der Waals surface area contributed by atoms with Gasteiger partial charge in [0.15, 0.2) is 11.5 Å². The van der Waals surface area contributed by atoms with Gasteiger partial charge >= 0.3 is 0 Å². The number of nitrogens with two attached hydrogens (primary N) is 2. The molecule has 22 heavy (non-hydrogen) atoms. The fourth-order valence-electron chi connectivity index (χ4n) is 2.02. The summed E-state index contributed by atoms with van der Waals surface area (Å²) in [5.41, 5.74) is 12.0. The lowest BCUT2D eigenvalue weighted by Gasteiger charge is -2.21. The molecule has 0 bridgehead atoms. The largest absolute Gasteiger partial charge is 0.335 e. The molecule has 0 aliphatic heterocycles. The second-order valence-electron chi connectivity index (χ2n) is 4.63. The highest BCUT2D eigenvalue weighted by Gasteiger charge is 2.20. The van der Waals surface area contributed by atoms with Crippen LogP contribution in [0, 0.1) is 0 Å². The zero-order valence-corrected chi connectivity index (χ0v) is 12.8. The van der Waals surface area contributed by atoms with Crippen LogP contribution in [0.25, 0.3) is 11.4 Å². The van der Waals surface area contributed by atoms with Gasteiger partial charge in [-0.1, -0.05) is 41.9 Å². The van der Waals surface area contributed by atoms with Crippen LogP contribution in [-0.4, -0.2) is 47.0 Å². The summed E-state index contributed by atoms with van der Waals surface area (Å²) >= 11 is 6.09. The predicted octanol–water partition coefficient (Wildman–Crippen LogP) is 1.16. The van der Waals surface area contributed by atoms with Gasteiger partial charge in [-0.05, 0) is 0 Å². The van der Waals surface area contributed by atoms with Crippen molar-refractivity contribution in [3.63, 3.8) is 0 Å². The molecule has 0 aliphatic rings. The molecule has 0 unspecified atom stereocenters. The summed E-state index contributed by atoms with van der Waals surface area (Å²) < 4.78 is 0. The fraction of sp³-hybridized carbons (Fsp3) is 0.267. The minimum Gasteiger partial charge on any atom is -0.335 e. The first-order chi connectivity index (χ1) is 10.7. The highest BCUT2D eigenvalue weighted by Crippen LogP contribution is 2.20. The average Bonchev–Trinajstić information content (AvgIpc) is 2.55. The molecular weight excluding hydrogens is 302 g/mol. The Bertz CT molecular complexity index is 629. The van der Waals surface area contributed by atoms with Crippen molar-refractivity contribution in [2.24, 2.45) is 11.5 Å². The molecule has 1 amide bonds. The van der Waals surface area contributed by atoms with E-state index in [1.54, 1.807) is 4.90 Å². The molecule has 4 N–H and O–H groups in total. The minimum absolute atomic E-state index is 0.164. The zero-order chi connectivity index (χ0) is 15.9. The number of hydrogen-bond donors (Lipinski definition) is 2. The van der Waals surface area contributed by atoms with Gasteiger partial charge in [0.05, 0.1) is 11.2 Å². The van der Waals surface area contributed by atoms with Gasteiger partial charge in [0, 0.05) is 31.7 Å². The Morgan fingerprint density at radius 2 is 1.77 bits per heavy atom. The summed E-state index contributed by atoms with van der Waals surface area (Å²) in [7, 11) is 0. The molecule has 0 spiro atoms. The third-order valence-corrected chi connectivity index (χ3v) is 3.34. The maximum absolute atomic E-state index is 12.6. The highest BCUT2D eigenvalue weighted by molar-refractivity contribution is 6.33. The van der Waals surface area contributed by atoms with Crippen LogP contribution in [0.2, 0.25) is 5.02 Å². The van der Waals surface area contributed by atoms with E-state index in [-0.39, 0.29) is 16.6 Å². The molecule has 2 aromatic rings. The van der Waals surface area contributed by atoms with Gasteiger partial charge in [-0.3, -0.25) is 4.79 Å². The number of benzene rings is 1. The summed E-state index contributed by atoms with van der Waals surface area (Å²) in [6, 6.07) is 9.40. The number of amides is 1. The van der Waals surface area contributed by atoms with Crippen molar-refractivity contribution in [2.45, 2.75) is 0 Å². The summed E-state index contributed by atoms with van der Waals surface area (Å²) in [6.45, 7) is 1.49. The molecule has 6 nitrogen and oxygen atoms in total. The Hall–Kier alpha value is -2.02. The van der Waals surface area contributed by atoms with E-state index in [9.17, 15) is 4.79 Å². The molecule has 0 saturated heterocycles. The first-order valence-electron chi connectivity index (χ1n) is 6.94. The number of carbonyl (C=O) groups is 1. The monoisotopic (exact) mass is 319 g/mol. The van der Waals surface area contributed by atoms with Gasteiger partial charge in [-0.15, -0.1) is 0 Å². The van der Waals surface area contributed by atoms with Crippen molar-refractivity contribution in [3.05, 3.63) is 47.2 Å². The molecule has 1 aromatic carbocycles. The standard InChI is InChI=1S/C15H18ClN5O/c16-12-10-19-14(11-4-2-1-3-5-11)20-13(12)15(22)21(8-6-17)9-7-18/h1-5,10H,6-9,17-18H2. The lowest BCUT2D eigenvalue weighted by atomic mass is 10.2. The van der Waals surface area contributed by atoms with Crippen molar-refractivity contribution in [3.8, 4) is 11.4 Å². The van der Waals surface area contributed by atoms with Crippen LogP contribution in [0.4, 0.5) is 0 Å². The number of carbonyl (C=O) groups excluding carboxylic acids is 1. The fourth-order valence-corrected chi connectivity index (χ4v) is 2.19. The smallest absolute Gasteiger partial charge is 0.274 e. The van der Waals surface area contributed by atoms with Gasteiger partial charge < -0.3 is 16.4 Å². The summed E-state index contributed by atoms with van der Waals surface area (Å²) in [6.07, 6.45) is 1.44. The third-order valence-electron chi connectivity index (χ3n) is 3.06. The average molecular weight is 320 g/mol. The zero-order valence-electron chi connectivity index (χ0n) is 12.1. The van der Waals surface area contributed by atoms with Gasteiger partial charge in [0.2, 0.25) is 0 Å². The van der Waals surface area contributed by atoms with E-state index in [2.05, 4.69) is 9.97 Å². The van der Waals surface area contributed by atoms with Crippen LogP contribution in [0.5, 0.6) is 0 Å². The molecule has 7 heteroatoms. The summed E-state index contributed by atoms with van der Waals surface area (Å²) in [5, 5.41) is 0.212. The topological polar surface area (TPSA) is 98.1 Å². The number of nitrogens with zero attached hydrogens (tertiary/aromatic N) is 3. The molecule has 116 valence electrons. The third kappa shape index (κ3) is 3.79. The van der Waals surface area contributed by atoms with Crippen molar-refractivity contribution >= 4 is 17.5 Å². The molecule has 2 rings (SSSR count). The van der Waals surface area contributed by atoms with Crippen LogP contribution in [-0.2, 0) is 0 Å². The molecule has 1 aromatic heterocycles. The van der Waals surface area contributed by atoms with Gasteiger partial charge in [0.1, 0.15) is 0 Å². The highest BCUT2D eigenvalue weighted by atomic mass is 35.5. The van der Waals surface area contributed by atoms with E-state index in [1.807, 2.05) is 30.3 Å². The minimum atomic E-state index is -0.291. The Morgan fingerprint density at radius 1 is 1.14 bits per heavy atom. The van der Waals surface area contributed by atoms with E-state index in [4.69, 9.17) is 23.1 Å². The molecule has 0 atom stereocenters. The van der Waals surface area contributed by atoms with E-state index < -0.39 is 0 Å². The van der Waals surface area contributed by atoms with Crippen molar-refractivity contribution < 1.29 is 4.79 Å². The van der Waals surface area contributed by atoms with E-state index >= 15 is 0 Å². The second-order valence-corrected chi connectivity index (χ2v) is 5.03. The van der Waals surface area contributed by atoms with Gasteiger partial charge in [0.25, 0.3) is 5.91 Å². The second kappa shape index (κ2) is 7.84. The van der Waals surface area contributed by atoms with E-state index in [0.29, 0.717) is 32.0 Å². The summed E-state index contributed by atoms with van der Waals surface area (Å²) in [4.78, 5) is 22.6. The number of halogens is 1. The van der Waals surface area contributed by atoms with Crippen LogP contribution in [0.1, 0.15) is 10.5 Å². The summed E-state index contributed by atoms with van der Waals surface area (Å²) in [5.74, 6) is 0.161. The first kappa shape index (κ1) is 16.4. The molecule has 0 fully saturated rings.